The van der Waals surface area contributed by atoms with E-state index in [-0.39, 0.29) is 17.5 Å². The Hall–Kier alpha value is -0.950. The van der Waals surface area contributed by atoms with Gasteiger partial charge in [0, 0.05) is 19.2 Å². The highest BCUT2D eigenvalue weighted by Gasteiger charge is 2.13. The number of benzene rings is 1. The van der Waals surface area contributed by atoms with Crippen LogP contribution in [0, 0.1) is 0 Å². The van der Waals surface area contributed by atoms with Gasteiger partial charge in [-0.25, -0.2) is 13.1 Å². The Morgan fingerprint density at radius 2 is 1.90 bits per heavy atom. The third-order valence-electron chi connectivity index (χ3n) is 2.90. The van der Waals surface area contributed by atoms with E-state index in [1.807, 2.05) is 6.92 Å². The molecule has 0 spiro atoms. The van der Waals surface area contributed by atoms with Crippen LogP contribution in [0.4, 0.5) is 0 Å². The number of hydrogen-bond acceptors (Lipinski definition) is 4. The summed E-state index contributed by atoms with van der Waals surface area (Å²) in [5.74, 6) is 0. The Labute approximate surface area is 121 Å². The minimum Gasteiger partial charge on any atom is -0.380 e. The van der Waals surface area contributed by atoms with Gasteiger partial charge in [-0.3, -0.25) is 0 Å². The maximum atomic E-state index is 12.0. The lowest BCUT2D eigenvalue weighted by molar-refractivity contribution is 0.136. The summed E-state index contributed by atoms with van der Waals surface area (Å²) in [6.45, 7) is 5.27. The maximum Gasteiger partial charge on any atom is 0.240 e. The first kappa shape index (κ1) is 17.1. The van der Waals surface area contributed by atoms with Gasteiger partial charge in [0.1, 0.15) is 0 Å². The van der Waals surface area contributed by atoms with Gasteiger partial charge in [0.25, 0.3) is 0 Å². The van der Waals surface area contributed by atoms with Crippen molar-refractivity contribution in [3.63, 3.8) is 0 Å². The smallest absolute Gasteiger partial charge is 0.240 e. The monoisotopic (exact) mass is 300 g/mol. The summed E-state index contributed by atoms with van der Waals surface area (Å²) in [5, 5.41) is 0. The van der Waals surface area contributed by atoms with Crippen LogP contribution >= 0.6 is 0 Å². The van der Waals surface area contributed by atoms with Crippen molar-refractivity contribution >= 4 is 10.0 Å². The van der Waals surface area contributed by atoms with Crippen molar-refractivity contribution in [3.05, 3.63) is 29.8 Å². The molecule has 6 heteroatoms. The molecule has 114 valence electrons. The molecule has 1 atom stereocenters. The summed E-state index contributed by atoms with van der Waals surface area (Å²) in [5.41, 5.74) is 6.64. The molecule has 0 aliphatic rings. The van der Waals surface area contributed by atoms with E-state index >= 15 is 0 Å². The minimum absolute atomic E-state index is 0.105. The van der Waals surface area contributed by atoms with E-state index in [0.717, 1.165) is 18.4 Å². The predicted octanol–water partition coefficient (Wildman–Crippen LogP) is 1.80. The van der Waals surface area contributed by atoms with Gasteiger partial charge in [0.15, 0.2) is 0 Å². The highest BCUT2D eigenvalue weighted by atomic mass is 32.2. The normalized spacial score (nSPS) is 13.3. The van der Waals surface area contributed by atoms with Crippen LogP contribution in [0.15, 0.2) is 29.2 Å². The lowest BCUT2D eigenvalue weighted by Crippen LogP contribution is -2.27. The second-order valence-electron chi connectivity index (χ2n) is 4.72. The quantitative estimate of drug-likeness (QED) is 0.681. The highest BCUT2D eigenvalue weighted by Crippen LogP contribution is 2.14. The summed E-state index contributed by atoms with van der Waals surface area (Å²) >= 11 is 0. The second kappa shape index (κ2) is 8.36. The van der Waals surface area contributed by atoms with Crippen LogP contribution in [0.2, 0.25) is 0 Å². The van der Waals surface area contributed by atoms with Crippen molar-refractivity contribution in [1.82, 2.24) is 4.72 Å². The Morgan fingerprint density at radius 3 is 2.45 bits per heavy atom. The molecule has 0 bridgehead atoms. The summed E-state index contributed by atoms with van der Waals surface area (Å²) < 4.78 is 31.8. The van der Waals surface area contributed by atoms with Crippen LogP contribution in [0.3, 0.4) is 0 Å². The van der Waals surface area contributed by atoms with E-state index < -0.39 is 10.0 Å². The van der Waals surface area contributed by atoms with Gasteiger partial charge in [-0.1, -0.05) is 25.5 Å². The molecular formula is C14H24N2O3S. The Bertz CT molecular complexity index is 484. The lowest BCUT2D eigenvalue weighted by atomic mass is 10.1. The highest BCUT2D eigenvalue weighted by molar-refractivity contribution is 7.89. The fraction of sp³-hybridized carbons (Fsp3) is 0.571. The van der Waals surface area contributed by atoms with Gasteiger partial charge in [-0.05, 0) is 31.0 Å². The van der Waals surface area contributed by atoms with Crippen molar-refractivity contribution in [2.45, 2.75) is 37.6 Å². The van der Waals surface area contributed by atoms with Crippen molar-refractivity contribution in [2.24, 2.45) is 5.73 Å². The molecule has 0 aliphatic heterocycles. The molecule has 0 radical (unpaired) electrons. The summed E-state index contributed by atoms with van der Waals surface area (Å²) in [4.78, 5) is 0.246. The molecule has 0 heterocycles. The largest absolute Gasteiger partial charge is 0.380 e. The molecule has 0 aliphatic carbocycles. The molecule has 20 heavy (non-hydrogen) atoms. The number of nitrogens with two attached hydrogens (primary N) is 1. The van der Waals surface area contributed by atoms with E-state index in [2.05, 4.69) is 11.6 Å². The Kier molecular flexibility index (Phi) is 7.15. The van der Waals surface area contributed by atoms with Crippen LogP contribution in [0.1, 0.15) is 38.3 Å². The zero-order chi connectivity index (χ0) is 15.0. The predicted molar refractivity (Wildman–Crippen MR) is 80.0 cm³/mol. The van der Waals surface area contributed by atoms with E-state index in [4.69, 9.17) is 10.5 Å². The van der Waals surface area contributed by atoms with Gasteiger partial charge in [0.2, 0.25) is 10.0 Å². The molecular weight excluding hydrogens is 276 g/mol. The first-order valence-corrected chi connectivity index (χ1v) is 8.38. The first-order chi connectivity index (χ1) is 9.47. The summed E-state index contributed by atoms with van der Waals surface area (Å²) in [7, 11) is -3.47. The summed E-state index contributed by atoms with van der Waals surface area (Å²) in [6, 6.07) is 6.50. The molecule has 0 aromatic heterocycles. The van der Waals surface area contributed by atoms with Crippen molar-refractivity contribution in [1.29, 1.82) is 0 Å². The number of unbranched alkanes of at least 4 members (excludes halogenated alkanes) is 1. The van der Waals surface area contributed by atoms with E-state index in [9.17, 15) is 8.42 Å². The lowest BCUT2D eigenvalue weighted by Gasteiger charge is -2.09. The molecule has 1 aromatic rings. The molecule has 0 fully saturated rings. The summed E-state index contributed by atoms with van der Waals surface area (Å²) in [6.07, 6.45) is 2.06. The third kappa shape index (κ3) is 5.58. The molecule has 0 saturated heterocycles. The Balaban J connectivity index is 2.47. The van der Waals surface area contributed by atoms with Crippen molar-refractivity contribution in [2.75, 3.05) is 19.8 Å². The molecule has 5 nitrogen and oxygen atoms in total. The van der Waals surface area contributed by atoms with Crippen LogP contribution in [-0.2, 0) is 14.8 Å². The second-order valence-corrected chi connectivity index (χ2v) is 6.49. The maximum absolute atomic E-state index is 12.0. The third-order valence-corrected chi connectivity index (χ3v) is 4.37. The average molecular weight is 300 g/mol. The average Bonchev–Trinajstić information content (AvgIpc) is 2.43. The molecule has 3 N–H and O–H groups in total. The zero-order valence-electron chi connectivity index (χ0n) is 12.1. The zero-order valence-corrected chi connectivity index (χ0v) is 12.9. The number of sulfonamides is 1. The first-order valence-electron chi connectivity index (χ1n) is 6.90. The van der Waals surface area contributed by atoms with Gasteiger partial charge >= 0.3 is 0 Å². The fourth-order valence-corrected chi connectivity index (χ4v) is 2.64. The standard InChI is InChI=1S/C14H24N2O3S/c1-3-4-10-19-11-9-16-20(17,18)14-7-5-13(6-8-14)12(2)15/h5-8,12,16H,3-4,9-11,15H2,1-2H3. The number of nitrogens with one attached hydrogen (secondary N) is 1. The van der Waals surface area contributed by atoms with E-state index in [1.165, 1.54) is 0 Å². The van der Waals surface area contributed by atoms with Crippen molar-refractivity contribution in [3.8, 4) is 0 Å². The van der Waals surface area contributed by atoms with Gasteiger partial charge in [-0.15, -0.1) is 0 Å². The van der Waals surface area contributed by atoms with Crippen LogP contribution < -0.4 is 10.5 Å². The molecule has 1 unspecified atom stereocenters. The fourth-order valence-electron chi connectivity index (χ4n) is 1.63. The molecule has 1 rings (SSSR count). The van der Waals surface area contributed by atoms with Crippen LogP contribution in [-0.4, -0.2) is 28.2 Å². The number of hydrogen-bond donors (Lipinski definition) is 2. The van der Waals surface area contributed by atoms with Crippen LogP contribution in [0.5, 0.6) is 0 Å². The van der Waals surface area contributed by atoms with Gasteiger partial charge in [0.05, 0.1) is 11.5 Å². The molecule has 1 aromatic carbocycles. The number of rotatable bonds is 9. The Morgan fingerprint density at radius 1 is 1.25 bits per heavy atom. The molecule has 0 saturated carbocycles. The van der Waals surface area contributed by atoms with Crippen molar-refractivity contribution < 1.29 is 13.2 Å². The topological polar surface area (TPSA) is 81.4 Å². The molecule has 0 amide bonds. The van der Waals surface area contributed by atoms with E-state index in [1.54, 1.807) is 24.3 Å². The minimum atomic E-state index is -3.47. The van der Waals surface area contributed by atoms with E-state index in [0.29, 0.717) is 13.2 Å². The van der Waals surface area contributed by atoms with Gasteiger partial charge in [-0.2, -0.15) is 0 Å². The SMILES string of the molecule is CCCCOCCNS(=O)(=O)c1ccc(C(C)N)cc1. The number of ether oxygens (including phenoxy) is 1. The van der Waals surface area contributed by atoms with Gasteiger partial charge < -0.3 is 10.5 Å². The van der Waals surface area contributed by atoms with Crippen LogP contribution in [0.25, 0.3) is 0 Å².